The molecule has 0 spiro atoms. The molecule has 0 bridgehead atoms. The minimum atomic E-state index is -0.354. The van der Waals surface area contributed by atoms with Crippen LogP contribution in [-0.2, 0) is 0 Å². The van der Waals surface area contributed by atoms with Gasteiger partial charge < -0.3 is 15.4 Å². The average molecular weight is 339 g/mol. The van der Waals surface area contributed by atoms with Crippen LogP contribution in [0.3, 0.4) is 0 Å². The summed E-state index contributed by atoms with van der Waals surface area (Å²) in [6, 6.07) is 11.9. The monoisotopic (exact) mass is 338 g/mol. The molecule has 2 aromatic rings. The number of benzene rings is 2. The number of carbonyl (C=O) groups is 1. The van der Waals surface area contributed by atoms with Crippen LogP contribution in [0, 0.1) is 0 Å². The topological polar surface area (TPSA) is 50.4 Å². The average Bonchev–Trinajstić information content (AvgIpc) is 2.51. The third kappa shape index (κ3) is 4.29. The van der Waals surface area contributed by atoms with Crippen molar-refractivity contribution in [3.63, 3.8) is 0 Å². The van der Waals surface area contributed by atoms with Gasteiger partial charge in [0, 0.05) is 5.02 Å². The van der Waals surface area contributed by atoms with E-state index in [2.05, 4.69) is 10.6 Å². The first kappa shape index (κ1) is 16.5. The first-order chi connectivity index (χ1) is 10.5. The Morgan fingerprint density at radius 2 is 1.82 bits per heavy atom. The molecule has 2 aromatic carbocycles. The Bertz CT molecular complexity index is 660. The largest absolute Gasteiger partial charge is 0.497 e. The molecule has 0 aliphatic rings. The lowest BCUT2D eigenvalue weighted by molar-refractivity contribution is 0.249. The molecule has 2 N–H and O–H groups in total. The number of urea groups is 1. The smallest absolute Gasteiger partial charge is 0.319 e. The predicted molar refractivity (Wildman–Crippen MR) is 90.0 cm³/mol. The number of halogens is 2. The van der Waals surface area contributed by atoms with Gasteiger partial charge in [0.2, 0.25) is 0 Å². The molecular weight excluding hydrogens is 323 g/mol. The van der Waals surface area contributed by atoms with Crippen LogP contribution >= 0.6 is 23.2 Å². The van der Waals surface area contributed by atoms with E-state index in [1.165, 1.54) is 0 Å². The zero-order valence-electron chi connectivity index (χ0n) is 12.2. The fourth-order valence-electron chi connectivity index (χ4n) is 1.92. The summed E-state index contributed by atoms with van der Waals surface area (Å²) in [5.41, 5.74) is 1.43. The fraction of sp³-hybridized carbons (Fsp3) is 0.188. The highest BCUT2D eigenvalue weighted by Gasteiger charge is 2.11. The zero-order chi connectivity index (χ0) is 16.1. The highest BCUT2D eigenvalue weighted by Crippen LogP contribution is 2.25. The number of anilines is 1. The molecule has 4 nitrogen and oxygen atoms in total. The Labute approximate surface area is 139 Å². The molecule has 0 saturated heterocycles. The highest BCUT2D eigenvalue weighted by molar-refractivity contribution is 6.35. The van der Waals surface area contributed by atoms with Gasteiger partial charge in [-0.2, -0.15) is 0 Å². The van der Waals surface area contributed by atoms with Crippen LogP contribution in [-0.4, -0.2) is 13.1 Å². The molecule has 0 radical (unpaired) electrons. The van der Waals surface area contributed by atoms with E-state index in [4.69, 9.17) is 27.9 Å². The van der Waals surface area contributed by atoms with Crippen molar-refractivity contribution in [2.45, 2.75) is 13.0 Å². The van der Waals surface area contributed by atoms with Crippen LogP contribution < -0.4 is 15.4 Å². The normalized spacial score (nSPS) is 11.6. The van der Waals surface area contributed by atoms with Crippen LogP contribution in [0.2, 0.25) is 10.0 Å². The first-order valence-electron chi connectivity index (χ1n) is 6.66. The number of amides is 2. The van der Waals surface area contributed by atoms with E-state index < -0.39 is 0 Å². The van der Waals surface area contributed by atoms with Gasteiger partial charge in [-0.1, -0.05) is 35.3 Å². The van der Waals surface area contributed by atoms with Crippen molar-refractivity contribution in [2.24, 2.45) is 0 Å². The molecule has 116 valence electrons. The number of hydrogen-bond acceptors (Lipinski definition) is 2. The molecule has 22 heavy (non-hydrogen) atoms. The lowest BCUT2D eigenvalue weighted by Gasteiger charge is -2.16. The summed E-state index contributed by atoms with van der Waals surface area (Å²) in [6.07, 6.45) is 0. The minimum absolute atomic E-state index is 0.163. The van der Waals surface area contributed by atoms with Gasteiger partial charge >= 0.3 is 6.03 Å². The van der Waals surface area contributed by atoms with E-state index in [0.29, 0.717) is 15.7 Å². The van der Waals surface area contributed by atoms with Crippen LogP contribution in [0.15, 0.2) is 42.5 Å². The summed E-state index contributed by atoms with van der Waals surface area (Å²) in [5, 5.41) is 6.45. The maximum absolute atomic E-state index is 12.0. The number of carbonyl (C=O) groups excluding carboxylic acids is 1. The second-order valence-electron chi connectivity index (χ2n) is 4.72. The van der Waals surface area contributed by atoms with E-state index in [9.17, 15) is 4.79 Å². The summed E-state index contributed by atoms with van der Waals surface area (Å²) < 4.78 is 5.11. The molecule has 0 fully saturated rings. The summed E-state index contributed by atoms with van der Waals surface area (Å²) in [4.78, 5) is 12.0. The molecule has 0 saturated carbocycles. The third-order valence-electron chi connectivity index (χ3n) is 3.14. The lowest BCUT2D eigenvalue weighted by Crippen LogP contribution is -2.31. The Balaban J connectivity index is 2.00. The van der Waals surface area contributed by atoms with Gasteiger partial charge in [0.05, 0.1) is 23.9 Å². The van der Waals surface area contributed by atoms with Crippen molar-refractivity contribution in [3.05, 3.63) is 58.1 Å². The van der Waals surface area contributed by atoms with Crippen LogP contribution in [0.4, 0.5) is 10.5 Å². The van der Waals surface area contributed by atoms with E-state index in [1.807, 2.05) is 31.2 Å². The van der Waals surface area contributed by atoms with Crippen molar-refractivity contribution < 1.29 is 9.53 Å². The third-order valence-corrected chi connectivity index (χ3v) is 3.70. The zero-order valence-corrected chi connectivity index (χ0v) is 13.7. The summed E-state index contributed by atoms with van der Waals surface area (Å²) in [7, 11) is 1.61. The summed E-state index contributed by atoms with van der Waals surface area (Å²) in [5.74, 6) is 0.770. The highest BCUT2D eigenvalue weighted by atomic mass is 35.5. The molecule has 0 aromatic heterocycles. The SMILES string of the molecule is COc1ccc(C(C)NC(=O)Nc2cc(Cl)ccc2Cl)cc1. The maximum Gasteiger partial charge on any atom is 0.319 e. The van der Waals surface area contributed by atoms with Gasteiger partial charge in [-0.15, -0.1) is 0 Å². The van der Waals surface area contributed by atoms with Crippen molar-refractivity contribution in [3.8, 4) is 5.75 Å². The van der Waals surface area contributed by atoms with Crippen molar-refractivity contribution in [1.82, 2.24) is 5.32 Å². The molecule has 0 heterocycles. The van der Waals surface area contributed by atoms with Crippen molar-refractivity contribution in [1.29, 1.82) is 0 Å². The number of methoxy groups -OCH3 is 1. The van der Waals surface area contributed by atoms with Gasteiger partial charge in [0.15, 0.2) is 0 Å². The van der Waals surface area contributed by atoms with Gasteiger partial charge in [-0.05, 0) is 42.8 Å². The van der Waals surface area contributed by atoms with E-state index in [1.54, 1.807) is 25.3 Å². The standard InChI is InChI=1S/C16H16Cl2N2O2/c1-10(11-3-6-13(22-2)7-4-11)19-16(21)20-15-9-12(17)5-8-14(15)18/h3-10H,1-2H3,(H2,19,20,21). The second kappa shape index (κ2) is 7.38. The Morgan fingerprint density at radius 3 is 2.45 bits per heavy atom. The summed E-state index contributed by atoms with van der Waals surface area (Å²) in [6.45, 7) is 1.89. The molecule has 0 aliphatic carbocycles. The van der Waals surface area contributed by atoms with Gasteiger partial charge in [-0.3, -0.25) is 0 Å². The quantitative estimate of drug-likeness (QED) is 0.834. The van der Waals surface area contributed by atoms with E-state index in [0.717, 1.165) is 11.3 Å². The minimum Gasteiger partial charge on any atom is -0.497 e. The van der Waals surface area contributed by atoms with E-state index in [-0.39, 0.29) is 12.1 Å². The molecule has 1 atom stereocenters. The number of hydrogen-bond donors (Lipinski definition) is 2. The van der Waals surface area contributed by atoms with Crippen LogP contribution in [0.5, 0.6) is 5.75 Å². The second-order valence-corrected chi connectivity index (χ2v) is 5.56. The van der Waals surface area contributed by atoms with Crippen molar-refractivity contribution >= 4 is 34.9 Å². The van der Waals surface area contributed by atoms with E-state index >= 15 is 0 Å². The number of ether oxygens (including phenoxy) is 1. The van der Waals surface area contributed by atoms with Gasteiger partial charge in [0.25, 0.3) is 0 Å². The Hall–Kier alpha value is -1.91. The number of rotatable bonds is 4. The van der Waals surface area contributed by atoms with Crippen LogP contribution in [0.25, 0.3) is 0 Å². The fourth-order valence-corrected chi connectivity index (χ4v) is 2.26. The first-order valence-corrected chi connectivity index (χ1v) is 7.41. The Kier molecular flexibility index (Phi) is 5.52. The lowest BCUT2D eigenvalue weighted by atomic mass is 10.1. The molecule has 6 heteroatoms. The number of nitrogens with one attached hydrogen (secondary N) is 2. The van der Waals surface area contributed by atoms with Crippen LogP contribution in [0.1, 0.15) is 18.5 Å². The molecular formula is C16H16Cl2N2O2. The van der Waals surface area contributed by atoms with Gasteiger partial charge in [0.1, 0.15) is 5.75 Å². The predicted octanol–water partition coefficient (Wildman–Crippen LogP) is 4.88. The van der Waals surface area contributed by atoms with Gasteiger partial charge in [-0.25, -0.2) is 4.79 Å². The molecule has 2 rings (SSSR count). The Morgan fingerprint density at radius 1 is 1.14 bits per heavy atom. The maximum atomic E-state index is 12.0. The molecule has 2 amide bonds. The molecule has 0 aliphatic heterocycles. The van der Waals surface area contributed by atoms with Crippen molar-refractivity contribution in [2.75, 3.05) is 12.4 Å². The summed E-state index contributed by atoms with van der Waals surface area (Å²) >= 11 is 11.9. The molecule has 1 unspecified atom stereocenters.